The van der Waals surface area contributed by atoms with E-state index < -0.39 is 12.7 Å². The molecule has 0 bridgehead atoms. The van der Waals surface area contributed by atoms with Crippen molar-refractivity contribution in [3.05, 3.63) is 30.1 Å². The molecule has 2 rings (SSSR count). The van der Waals surface area contributed by atoms with Gasteiger partial charge in [-0.15, -0.1) is 0 Å². The standard InChI is InChI=1S/C10H9F3N2O/c11-10(12,13)6-15-4-7(5-16)8-2-1-3-14-9(8)15/h1-4,16H,5-6H2. The molecule has 0 saturated carbocycles. The Labute approximate surface area is 89.1 Å². The molecule has 0 unspecified atom stereocenters. The fourth-order valence-electron chi connectivity index (χ4n) is 1.63. The molecule has 86 valence electrons. The van der Waals surface area contributed by atoms with E-state index in [1.807, 2.05) is 0 Å². The summed E-state index contributed by atoms with van der Waals surface area (Å²) < 4.78 is 37.8. The van der Waals surface area contributed by atoms with Crippen molar-refractivity contribution in [2.24, 2.45) is 0 Å². The fraction of sp³-hybridized carbons (Fsp3) is 0.300. The second kappa shape index (κ2) is 3.79. The number of nitrogens with zero attached hydrogens (tertiary/aromatic N) is 2. The van der Waals surface area contributed by atoms with Crippen LogP contribution in [0.2, 0.25) is 0 Å². The smallest absolute Gasteiger partial charge is 0.392 e. The summed E-state index contributed by atoms with van der Waals surface area (Å²) in [5, 5.41) is 9.58. The Balaban J connectivity index is 2.53. The minimum atomic E-state index is -4.30. The molecular weight excluding hydrogens is 221 g/mol. The largest absolute Gasteiger partial charge is 0.406 e. The highest BCUT2D eigenvalue weighted by Crippen LogP contribution is 2.24. The lowest BCUT2D eigenvalue weighted by molar-refractivity contribution is -0.140. The van der Waals surface area contributed by atoms with Crippen molar-refractivity contribution in [1.29, 1.82) is 0 Å². The molecule has 0 atom stereocenters. The van der Waals surface area contributed by atoms with Crippen molar-refractivity contribution in [2.45, 2.75) is 19.3 Å². The van der Waals surface area contributed by atoms with E-state index in [1.165, 1.54) is 12.4 Å². The van der Waals surface area contributed by atoms with Gasteiger partial charge >= 0.3 is 6.18 Å². The van der Waals surface area contributed by atoms with Crippen LogP contribution < -0.4 is 0 Å². The van der Waals surface area contributed by atoms with Gasteiger partial charge in [0.15, 0.2) is 0 Å². The monoisotopic (exact) mass is 230 g/mol. The van der Waals surface area contributed by atoms with Gasteiger partial charge in [0.25, 0.3) is 0 Å². The Morgan fingerprint density at radius 2 is 2.12 bits per heavy atom. The van der Waals surface area contributed by atoms with Gasteiger partial charge in [-0.2, -0.15) is 13.2 Å². The molecule has 2 aromatic rings. The third kappa shape index (κ3) is 2.01. The Morgan fingerprint density at radius 3 is 2.75 bits per heavy atom. The minimum absolute atomic E-state index is 0.240. The summed E-state index contributed by atoms with van der Waals surface area (Å²) in [5.74, 6) is 0. The van der Waals surface area contributed by atoms with E-state index in [2.05, 4.69) is 4.98 Å². The molecule has 0 spiro atoms. The lowest BCUT2D eigenvalue weighted by Crippen LogP contribution is -2.17. The Bertz CT molecular complexity index is 504. The maximum absolute atomic E-state index is 12.3. The topological polar surface area (TPSA) is 38.0 Å². The van der Waals surface area contributed by atoms with Crippen LogP contribution in [0, 0.1) is 0 Å². The number of fused-ring (bicyclic) bond motifs is 1. The van der Waals surface area contributed by atoms with Crippen LogP contribution in [-0.2, 0) is 13.2 Å². The van der Waals surface area contributed by atoms with E-state index >= 15 is 0 Å². The maximum Gasteiger partial charge on any atom is 0.406 e. The molecule has 1 N–H and O–H groups in total. The zero-order chi connectivity index (χ0) is 11.8. The van der Waals surface area contributed by atoms with Gasteiger partial charge in [-0.3, -0.25) is 0 Å². The lowest BCUT2D eigenvalue weighted by Gasteiger charge is -2.07. The van der Waals surface area contributed by atoms with Gasteiger partial charge in [0, 0.05) is 23.3 Å². The van der Waals surface area contributed by atoms with E-state index in [9.17, 15) is 13.2 Å². The number of aliphatic hydroxyl groups excluding tert-OH is 1. The molecule has 0 fully saturated rings. The molecule has 0 aromatic carbocycles. The third-order valence-corrected chi connectivity index (χ3v) is 2.24. The number of alkyl halides is 3. The van der Waals surface area contributed by atoms with Gasteiger partial charge in [0.2, 0.25) is 0 Å². The zero-order valence-electron chi connectivity index (χ0n) is 8.20. The number of pyridine rings is 1. The quantitative estimate of drug-likeness (QED) is 0.857. The number of hydrogen-bond acceptors (Lipinski definition) is 2. The van der Waals surface area contributed by atoms with E-state index in [1.54, 1.807) is 12.1 Å². The number of rotatable bonds is 2. The second-order valence-corrected chi connectivity index (χ2v) is 3.43. The van der Waals surface area contributed by atoms with Gasteiger partial charge in [-0.05, 0) is 12.1 Å². The number of halogens is 3. The summed E-state index contributed by atoms with van der Waals surface area (Å²) in [4.78, 5) is 3.89. The summed E-state index contributed by atoms with van der Waals surface area (Å²) in [6, 6.07) is 3.26. The predicted octanol–water partition coefficient (Wildman–Crippen LogP) is 2.09. The fourth-order valence-corrected chi connectivity index (χ4v) is 1.63. The van der Waals surface area contributed by atoms with Gasteiger partial charge in [0.1, 0.15) is 12.2 Å². The lowest BCUT2D eigenvalue weighted by atomic mass is 10.2. The van der Waals surface area contributed by atoms with Crippen molar-refractivity contribution in [2.75, 3.05) is 0 Å². The maximum atomic E-state index is 12.3. The summed E-state index contributed by atoms with van der Waals surface area (Å²) in [6.07, 6.45) is -1.59. The van der Waals surface area contributed by atoms with Crippen LogP contribution in [0.1, 0.15) is 5.56 Å². The molecule has 2 heterocycles. The van der Waals surface area contributed by atoms with Crippen LogP contribution in [0.25, 0.3) is 11.0 Å². The summed E-state index contributed by atoms with van der Waals surface area (Å²) in [7, 11) is 0. The molecule has 0 aliphatic rings. The van der Waals surface area contributed by atoms with Crippen LogP contribution in [0.5, 0.6) is 0 Å². The number of aromatic nitrogens is 2. The SMILES string of the molecule is OCc1cn(CC(F)(F)F)c2ncccc12. The van der Waals surface area contributed by atoms with Gasteiger partial charge in [0.05, 0.1) is 6.61 Å². The zero-order valence-corrected chi connectivity index (χ0v) is 8.20. The Morgan fingerprint density at radius 1 is 1.38 bits per heavy atom. The van der Waals surface area contributed by atoms with Crippen LogP contribution in [-0.4, -0.2) is 20.8 Å². The molecule has 2 aromatic heterocycles. The first-order valence-corrected chi connectivity index (χ1v) is 4.61. The Hall–Kier alpha value is -1.56. The third-order valence-electron chi connectivity index (χ3n) is 2.24. The van der Waals surface area contributed by atoms with Crippen molar-refractivity contribution in [3.63, 3.8) is 0 Å². The normalized spacial score (nSPS) is 12.2. The van der Waals surface area contributed by atoms with Crippen LogP contribution in [0.4, 0.5) is 13.2 Å². The molecule has 0 aliphatic carbocycles. The second-order valence-electron chi connectivity index (χ2n) is 3.43. The van der Waals surface area contributed by atoms with E-state index in [0.717, 1.165) is 4.57 Å². The molecule has 0 radical (unpaired) electrons. The summed E-state index contributed by atoms with van der Waals surface area (Å²) >= 11 is 0. The number of aliphatic hydroxyl groups is 1. The molecular formula is C10H9F3N2O. The first-order chi connectivity index (χ1) is 7.51. The van der Waals surface area contributed by atoms with Gasteiger partial charge < -0.3 is 9.67 Å². The first kappa shape index (κ1) is 10.9. The molecule has 6 heteroatoms. The first-order valence-electron chi connectivity index (χ1n) is 4.61. The molecule has 0 aliphatic heterocycles. The summed E-state index contributed by atoms with van der Waals surface area (Å²) in [6.45, 7) is -1.40. The van der Waals surface area contributed by atoms with Gasteiger partial charge in [-0.1, -0.05) is 0 Å². The Kier molecular flexibility index (Phi) is 2.59. The molecule has 0 saturated heterocycles. The van der Waals surface area contributed by atoms with Crippen molar-refractivity contribution >= 4 is 11.0 Å². The minimum Gasteiger partial charge on any atom is -0.392 e. The van der Waals surface area contributed by atoms with E-state index in [-0.39, 0.29) is 12.3 Å². The molecule has 16 heavy (non-hydrogen) atoms. The number of hydrogen-bond donors (Lipinski definition) is 1. The van der Waals surface area contributed by atoms with Gasteiger partial charge in [-0.25, -0.2) is 4.98 Å². The van der Waals surface area contributed by atoms with E-state index in [0.29, 0.717) is 10.9 Å². The van der Waals surface area contributed by atoms with Crippen LogP contribution in [0.3, 0.4) is 0 Å². The van der Waals surface area contributed by atoms with Crippen molar-refractivity contribution < 1.29 is 18.3 Å². The highest BCUT2D eigenvalue weighted by Gasteiger charge is 2.29. The van der Waals surface area contributed by atoms with Crippen LogP contribution >= 0.6 is 0 Å². The van der Waals surface area contributed by atoms with Crippen molar-refractivity contribution in [3.8, 4) is 0 Å². The summed E-state index contributed by atoms with van der Waals surface area (Å²) in [5.41, 5.74) is 0.691. The average molecular weight is 230 g/mol. The highest BCUT2D eigenvalue weighted by atomic mass is 19.4. The molecule has 0 amide bonds. The molecule has 3 nitrogen and oxygen atoms in total. The van der Waals surface area contributed by atoms with E-state index in [4.69, 9.17) is 5.11 Å². The van der Waals surface area contributed by atoms with Crippen molar-refractivity contribution in [1.82, 2.24) is 9.55 Å². The van der Waals surface area contributed by atoms with Crippen LogP contribution in [0.15, 0.2) is 24.5 Å². The average Bonchev–Trinajstić information content (AvgIpc) is 2.55. The highest BCUT2D eigenvalue weighted by molar-refractivity contribution is 5.80. The predicted molar refractivity (Wildman–Crippen MR) is 51.7 cm³/mol.